The van der Waals surface area contributed by atoms with E-state index in [1.54, 1.807) is 20.8 Å². The number of benzene rings is 1. The van der Waals surface area contributed by atoms with E-state index < -0.39 is 17.6 Å². The van der Waals surface area contributed by atoms with Crippen LogP contribution in [0.3, 0.4) is 0 Å². The number of urea groups is 1. The van der Waals surface area contributed by atoms with Gasteiger partial charge in [-0.05, 0) is 58.9 Å². The number of carbonyl (C=O) groups is 3. The van der Waals surface area contributed by atoms with Gasteiger partial charge in [-0.25, -0.2) is 9.69 Å². The molecule has 4 rings (SSSR count). The van der Waals surface area contributed by atoms with Gasteiger partial charge >= 0.3 is 6.03 Å². The standard InChI is InChI=1S/C24H34N4O3/c1-16-5-7-18(8-6-16)24(11-12-24)15-27-13-9-19(10-14-27)25-20(29)17(2)28-21(30)23(3,4)26-22(28)31/h5-8,17,19H,9-15H2,1-4H3,(H,25,29)(H,26,31). The number of aryl methyl sites for hydroxylation is 1. The second-order valence-corrected chi connectivity index (χ2v) is 10.1. The summed E-state index contributed by atoms with van der Waals surface area (Å²) in [6.07, 6.45) is 4.25. The van der Waals surface area contributed by atoms with Crippen LogP contribution in [-0.4, -0.2) is 64.9 Å². The Hall–Kier alpha value is -2.41. The summed E-state index contributed by atoms with van der Waals surface area (Å²) in [5.41, 5.74) is 2.07. The zero-order chi connectivity index (χ0) is 22.4. The summed E-state index contributed by atoms with van der Waals surface area (Å²) in [6, 6.07) is 7.70. The summed E-state index contributed by atoms with van der Waals surface area (Å²) in [7, 11) is 0. The van der Waals surface area contributed by atoms with Crippen molar-refractivity contribution >= 4 is 17.8 Å². The molecule has 3 aliphatic rings. The summed E-state index contributed by atoms with van der Waals surface area (Å²) in [4.78, 5) is 40.9. The van der Waals surface area contributed by atoms with Gasteiger partial charge in [0.2, 0.25) is 5.91 Å². The van der Waals surface area contributed by atoms with E-state index in [1.807, 2.05) is 0 Å². The number of nitrogens with one attached hydrogen (secondary N) is 2. The Morgan fingerprint density at radius 3 is 2.29 bits per heavy atom. The van der Waals surface area contributed by atoms with Gasteiger partial charge in [0, 0.05) is 31.1 Å². The topological polar surface area (TPSA) is 81.8 Å². The fraction of sp³-hybridized carbons (Fsp3) is 0.625. The van der Waals surface area contributed by atoms with Crippen molar-refractivity contribution in [3.8, 4) is 0 Å². The van der Waals surface area contributed by atoms with E-state index in [9.17, 15) is 14.4 Å². The van der Waals surface area contributed by atoms with Crippen LogP contribution in [-0.2, 0) is 15.0 Å². The third-order valence-corrected chi connectivity index (χ3v) is 7.14. The molecule has 7 nitrogen and oxygen atoms in total. The van der Waals surface area contributed by atoms with Gasteiger partial charge in [-0.15, -0.1) is 0 Å². The largest absolute Gasteiger partial charge is 0.351 e. The predicted molar refractivity (Wildman–Crippen MR) is 119 cm³/mol. The summed E-state index contributed by atoms with van der Waals surface area (Å²) >= 11 is 0. The summed E-state index contributed by atoms with van der Waals surface area (Å²) in [5, 5.41) is 5.69. The summed E-state index contributed by atoms with van der Waals surface area (Å²) in [5.74, 6) is -0.626. The van der Waals surface area contributed by atoms with Crippen molar-refractivity contribution in [1.82, 2.24) is 20.4 Å². The minimum atomic E-state index is -0.965. The molecule has 2 heterocycles. The van der Waals surface area contributed by atoms with Crippen molar-refractivity contribution in [1.29, 1.82) is 0 Å². The number of likely N-dealkylation sites (tertiary alicyclic amines) is 1. The van der Waals surface area contributed by atoms with Crippen LogP contribution in [0.25, 0.3) is 0 Å². The highest BCUT2D eigenvalue weighted by Crippen LogP contribution is 2.49. The average molecular weight is 427 g/mol. The summed E-state index contributed by atoms with van der Waals surface area (Å²) < 4.78 is 0. The third-order valence-electron chi connectivity index (χ3n) is 7.14. The Labute approximate surface area is 184 Å². The first-order chi connectivity index (χ1) is 14.6. The minimum Gasteiger partial charge on any atom is -0.351 e. The lowest BCUT2D eigenvalue weighted by Crippen LogP contribution is -2.53. The van der Waals surface area contributed by atoms with E-state index in [1.165, 1.54) is 24.0 Å². The van der Waals surface area contributed by atoms with E-state index in [-0.39, 0.29) is 17.9 Å². The molecule has 168 valence electrons. The predicted octanol–water partition coefficient (Wildman–Crippen LogP) is 2.33. The second-order valence-electron chi connectivity index (χ2n) is 10.1. The van der Waals surface area contributed by atoms with Crippen LogP contribution in [0.1, 0.15) is 57.6 Å². The van der Waals surface area contributed by atoms with Crippen molar-refractivity contribution in [2.24, 2.45) is 0 Å². The van der Waals surface area contributed by atoms with Crippen molar-refractivity contribution < 1.29 is 14.4 Å². The highest BCUT2D eigenvalue weighted by molar-refractivity contribution is 6.09. The second kappa shape index (κ2) is 7.93. The molecule has 31 heavy (non-hydrogen) atoms. The number of nitrogens with zero attached hydrogens (tertiary/aromatic N) is 2. The van der Waals surface area contributed by atoms with E-state index >= 15 is 0 Å². The molecular formula is C24H34N4O3. The number of rotatable bonds is 6. The number of carbonyl (C=O) groups excluding carboxylic acids is 3. The van der Waals surface area contributed by atoms with Gasteiger partial charge in [-0.2, -0.15) is 0 Å². The lowest BCUT2D eigenvalue weighted by atomic mass is 9.93. The molecule has 1 aliphatic carbocycles. The molecule has 2 saturated heterocycles. The van der Waals surface area contributed by atoms with Crippen LogP contribution in [0.2, 0.25) is 0 Å². The van der Waals surface area contributed by atoms with Crippen LogP contribution >= 0.6 is 0 Å². The Morgan fingerprint density at radius 2 is 1.77 bits per heavy atom. The molecule has 3 fully saturated rings. The molecule has 0 radical (unpaired) electrons. The van der Waals surface area contributed by atoms with Crippen LogP contribution in [0, 0.1) is 6.92 Å². The van der Waals surface area contributed by atoms with Gasteiger partial charge < -0.3 is 15.5 Å². The molecule has 1 aromatic carbocycles. The van der Waals surface area contributed by atoms with Crippen molar-refractivity contribution in [3.05, 3.63) is 35.4 Å². The quantitative estimate of drug-likeness (QED) is 0.684. The first-order valence-corrected chi connectivity index (χ1v) is 11.4. The number of piperidine rings is 1. The molecule has 7 heteroatoms. The number of hydrogen-bond donors (Lipinski definition) is 2. The molecule has 0 bridgehead atoms. The van der Waals surface area contributed by atoms with Crippen molar-refractivity contribution in [2.75, 3.05) is 19.6 Å². The Kier molecular flexibility index (Phi) is 5.58. The van der Waals surface area contributed by atoms with Crippen LogP contribution < -0.4 is 10.6 Å². The third kappa shape index (κ3) is 4.33. The van der Waals surface area contributed by atoms with Gasteiger partial charge in [0.05, 0.1) is 0 Å². The van der Waals surface area contributed by atoms with Gasteiger partial charge in [-0.3, -0.25) is 9.59 Å². The summed E-state index contributed by atoms with van der Waals surface area (Å²) in [6.45, 7) is 10.0. The smallest absolute Gasteiger partial charge is 0.325 e. The number of amides is 4. The Bertz CT molecular complexity index is 867. The zero-order valence-corrected chi connectivity index (χ0v) is 19.0. The maximum atomic E-state index is 12.7. The first-order valence-electron chi connectivity index (χ1n) is 11.4. The molecule has 2 aliphatic heterocycles. The number of imide groups is 1. The molecule has 4 amide bonds. The molecule has 1 saturated carbocycles. The molecule has 1 atom stereocenters. The van der Waals surface area contributed by atoms with Gasteiger partial charge in [0.15, 0.2) is 0 Å². The maximum Gasteiger partial charge on any atom is 0.325 e. The van der Waals surface area contributed by atoms with Crippen molar-refractivity contribution in [3.63, 3.8) is 0 Å². The molecular weight excluding hydrogens is 392 g/mol. The van der Waals surface area contributed by atoms with E-state index in [0.717, 1.165) is 37.4 Å². The lowest BCUT2D eigenvalue weighted by molar-refractivity contribution is -0.137. The molecule has 2 N–H and O–H groups in total. The highest BCUT2D eigenvalue weighted by Gasteiger charge is 2.48. The van der Waals surface area contributed by atoms with Crippen LogP contribution in [0.5, 0.6) is 0 Å². The van der Waals surface area contributed by atoms with Crippen LogP contribution in [0.15, 0.2) is 24.3 Å². The van der Waals surface area contributed by atoms with Gasteiger partial charge in [0.25, 0.3) is 5.91 Å². The van der Waals surface area contributed by atoms with Gasteiger partial charge in [-0.1, -0.05) is 29.8 Å². The fourth-order valence-corrected chi connectivity index (χ4v) is 4.82. The molecule has 0 spiro atoms. The van der Waals surface area contributed by atoms with Crippen molar-refractivity contribution in [2.45, 2.75) is 76.4 Å². The Morgan fingerprint density at radius 1 is 1.16 bits per heavy atom. The molecule has 0 aromatic heterocycles. The minimum absolute atomic E-state index is 0.0782. The fourth-order valence-electron chi connectivity index (χ4n) is 4.82. The lowest BCUT2D eigenvalue weighted by Gasteiger charge is -2.35. The van der Waals surface area contributed by atoms with E-state index in [2.05, 4.69) is 46.7 Å². The molecule has 1 unspecified atom stereocenters. The van der Waals surface area contributed by atoms with E-state index in [0.29, 0.717) is 5.41 Å². The van der Waals surface area contributed by atoms with Gasteiger partial charge in [0.1, 0.15) is 11.6 Å². The van der Waals surface area contributed by atoms with Crippen LogP contribution in [0.4, 0.5) is 4.79 Å². The Balaban J connectivity index is 1.28. The highest BCUT2D eigenvalue weighted by atomic mass is 16.2. The SMILES string of the molecule is Cc1ccc(C2(CN3CCC(NC(=O)C(C)N4C(=O)NC(C)(C)C4=O)CC3)CC2)cc1. The maximum absolute atomic E-state index is 12.7. The zero-order valence-electron chi connectivity index (χ0n) is 19.0. The monoisotopic (exact) mass is 426 g/mol. The normalized spacial score (nSPS) is 24.1. The molecule has 1 aromatic rings. The van der Waals surface area contributed by atoms with E-state index in [4.69, 9.17) is 0 Å². The number of hydrogen-bond acceptors (Lipinski definition) is 4. The first kappa shape index (κ1) is 21.8. The average Bonchev–Trinajstić information content (AvgIpc) is 3.46.